The van der Waals surface area contributed by atoms with Crippen molar-refractivity contribution in [2.75, 3.05) is 5.75 Å². The number of carbonyl (C=O) groups is 1. The van der Waals surface area contributed by atoms with Crippen LogP contribution in [0.15, 0.2) is 58.2 Å². The molecule has 0 aliphatic heterocycles. The number of Topliss-reactive ketones (excluding diaryl/α,β-unsaturated/α-hetero) is 1. The van der Waals surface area contributed by atoms with Gasteiger partial charge in [-0.05, 0) is 31.2 Å². The summed E-state index contributed by atoms with van der Waals surface area (Å²) in [6, 6.07) is 13.2. The zero-order valence-corrected chi connectivity index (χ0v) is 14.5. The van der Waals surface area contributed by atoms with E-state index in [4.69, 9.17) is 4.42 Å². The van der Waals surface area contributed by atoms with Gasteiger partial charge in [0, 0.05) is 11.1 Å². The van der Waals surface area contributed by atoms with Crippen molar-refractivity contribution >= 4 is 17.5 Å². The monoisotopic (exact) mass is 376 g/mol. The third-order valence-corrected chi connectivity index (χ3v) is 4.25. The van der Waals surface area contributed by atoms with Crippen molar-refractivity contribution in [2.24, 2.45) is 0 Å². The van der Waals surface area contributed by atoms with Crippen LogP contribution in [0.2, 0.25) is 0 Å². The number of ketones is 1. The molecule has 2 aromatic carbocycles. The summed E-state index contributed by atoms with van der Waals surface area (Å²) in [5.41, 5.74) is 2.27. The molecule has 0 saturated carbocycles. The van der Waals surface area contributed by atoms with Crippen LogP contribution in [-0.2, 0) is 0 Å². The first-order chi connectivity index (χ1) is 12.5. The highest BCUT2D eigenvalue weighted by Crippen LogP contribution is 2.25. The molecule has 0 aliphatic rings. The molecule has 5 nitrogen and oxygen atoms in total. The van der Waals surface area contributed by atoms with Gasteiger partial charge in [-0.3, -0.25) is 4.79 Å². The largest absolute Gasteiger partial charge is 0.435 e. The maximum absolute atomic E-state index is 12.1. The summed E-state index contributed by atoms with van der Waals surface area (Å²) < 4.78 is 34.1. The Hall–Kier alpha value is -2.74. The van der Waals surface area contributed by atoms with Gasteiger partial charge in [0.1, 0.15) is 5.75 Å². The lowest BCUT2D eigenvalue weighted by Gasteiger charge is -2.03. The maximum Gasteiger partial charge on any atom is 0.387 e. The minimum Gasteiger partial charge on any atom is -0.435 e. The maximum atomic E-state index is 12.1. The molecule has 0 saturated heterocycles. The van der Waals surface area contributed by atoms with E-state index < -0.39 is 6.61 Å². The van der Waals surface area contributed by atoms with Crippen LogP contribution in [0, 0.1) is 6.92 Å². The third kappa shape index (κ3) is 4.66. The summed E-state index contributed by atoms with van der Waals surface area (Å²) in [4.78, 5) is 12.1. The van der Waals surface area contributed by atoms with Crippen LogP contribution in [-0.4, -0.2) is 28.3 Å². The van der Waals surface area contributed by atoms with E-state index in [9.17, 15) is 13.6 Å². The molecule has 0 bridgehead atoms. The average Bonchev–Trinajstić information content (AvgIpc) is 3.09. The molecule has 1 aromatic heterocycles. The number of halogens is 2. The van der Waals surface area contributed by atoms with Gasteiger partial charge in [-0.25, -0.2) is 0 Å². The van der Waals surface area contributed by atoms with E-state index in [1.165, 1.54) is 24.3 Å². The van der Waals surface area contributed by atoms with Crippen molar-refractivity contribution in [1.29, 1.82) is 0 Å². The molecule has 134 valence electrons. The molecule has 3 rings (SSSR count). The number of hydrogen-bond donors (Lipinski definition) is 0. The zero-order chi connectivity index (χ0) is 18.5. The van der Waals surface area contributed by atoms with Gasteiger partial charge in [-0.1, -0.05) is 41.6 Å². The third-order valence-electron chi connectivity index (χ3n) is 3.43. The highest BCUT2D eigenvalue weighted by atomic mass is 32.2. The molecule has 0 N–H and O–H groups in total. The predicted molar refractivity (Wildman–Crippen MR) is 92.6 cm³/mol. The Morgan fingerprint density at radius 3 is 2.46 bits per heavy atom. The highest BCUT2D eigenvalue weighted by Gasteiger charge is 2.13. The quantitative estimate of drug-likeness (QED) is 0.443. The van der Waals surface area contributed by atoms with Gasteiger partial charge in [0.2, 0.25) is 5.89 Å². The Kier molecular flexibility index (Phi) is 5.62. The summed E-state index contributed by atoms with van der Waals surface area (Å²) in [7, 11) is 0. The first-order valence-corrected chi connectivity index (χ1v) is 8.61. The Balaban J connectivity index is 1.61. The van der Waals surface area contributed by atoms with E-state index in [1.54, 1.807) is 12.1 Å². The number of benzene rings is 2. The second kappa shape index (κ2) is 8.09. The van der Waals surface area contributed by atoms with E-state index in [1.807, 2.05) is 19.1 Å². The molecular weight excluding hydrogens is 362 g/mol. The number of rotatable bonds is 7. The highest BCUT2D eigenvalue weighted by molar-refractivity contribution is 7.99. The number of aryl methyl sites for hydroxylation is 1. The van der Waals surface area contributed by atoms with Crippen LogP contribution in [0.25, 0.3) is 11.5 Å². The number of hydrogen-bond acceptors (Lipinski definition) is 6. The first-order valence-electron chi connectivity index (χ1n) is 7.62. The van der Waals surface area contributed by atoms with Crippen LogP contribution in [0.1, 0.15) is 15.9 Å². The molecule has 0 radical (unpaired) electrons. The molecule has 26 heavy (non-hydrogen) atoms. The lowest BCUT2D eigenvalue weighted by Crippen LogP contribution is -2.02. The second-order valence-corrected chi connectivity index (χ2v) is 6.28. The average molecular weight is 376 g/mol. The van der Waals surface area contributed by atoms with Gasteiger partial charge >= 0.3 is 6.61 Å². The smallest absolute Gasteiger partial charge is 0.387 e. The van der Waals surface area contributed by atoms with E-state index in [-0.39, 0.29) is 28.4 Å². The minimum absolute atomic E-state index is 0.0387. The van der Waals surface area contributed by atoms with Gasteiger partial charge < -0.3 is 9.15 Å². The van der Waals surface area contributed by atoms with Crippen LogP contribution in [0.3, 0.4) is 0 Å². The molecule has 0 unspecified atom stereocenters. The fourth-order valence-corrected chi connectivity index (χ4v) is 2.77. The van der Waals surface area contributed by atoms with Crippen molar-refractivity contribution in [1.82, 2.24) is 10.2 Å². The second-order valence-electron chi connectivity index (χ2n) is 5.35. The number of carbonyl (C=O) groups excluding carboxylic acids is 1. The van der Waals surface area contributed by atoms with Crippen molar-refractivity contribution in [2.45, 2.75) is 18.8 Å². The molecule has 1 heterocycles. The Morgan fingerprint density at radius 2 is 1.81 bits per heavy atom. The standard InChI is InChI=1S/C18H14F2N2O3S/c1-11-2-4-12(5-3-11)15(23)10-26-18-22-21-16(25-18)13-6-8-14(9-7-13)24-17(19)20/h2-9,17H,10H2,1H3. The first kappa shape index (κ1) is 18.1. The fourth-order valence-electron chi connectivity index (χ4n) is 2.11. The summed E-state index contributed by atoms with van der Waals surface area (Å²) in [6.45, 7) is -0.923. The SMILES string of the molecule is Cc1ccc(C(=O)CSc2nnc(-c3ccc(OC(F)F)cc3)o2)cc1. The number of nitrogens with zero attached hydrogens (tertiary/aromatic N) is 2. The Morgan fingerprint density at radius 1 is 1.12 bits per heavy atom. The molecule has 0 amide bonds. The van der Waals surface area contributed by atoms with E-state index in [2.05, 4.69) is 14.9 Å². The summed E-state index contributed by atoms with van der Waals surface area (Å²) >= 11 is 1.14. The van der Waals surface area contributed by atoms with Crippen LogP contribution in [0.4, 0.5) is 8.78 Å². The van der Waals surface area contributed by atoms with E-state index in [0.29, 0.717) is 11.1 Å². The minimum atomic E-state index is -2.88. The van der Waals surface area contributed by atoms with Gasteiger partial charge in [-0.15, -0.1) is 10.2 Å². The van der Waals surface area contributed by atoms with E-state index >= 15 is 0 Å². The lowest BCUT2D eigenvalue weighted by atomic mass is 10.1. The molecule has 0 spiro atoms. The lowest BCUT2D eigenvalue weighted by molar-refractivity contribution is -0.0498. The molecule has 0 atom stereocenters. The molecular formula is C18H14F2N2O3S. The van der Waals surface area contributed by atoms with Crippen molar-refractivity contribution in [3.63, 3.8) is 0 Å². The molecule has 8 heteroatoms. The number of ether oxygens (including phenoxy) is 1. The van der Waals surface area contributed by atoms with Crippen molar-refractivity contribution < 1.29 is 22.7 Å². The molecule has 3 aromatic rings. The molecule has 0 aliphatic carbocycles. The summed E-state index contributed by atoms with van der Waals surface area (Å²) in [5.74, 6) is 0.412. The topological polar surface area (TPSA) is 65.2 Å². The fraction of sp³-hybridized carbons (Fsp3) is 0.167. The number of thioether (sulfide) groups is 1. The number of alkyl halides is 2. The van der Waals surface area contributed by atoms with E-state index in [0.717, 1.165) is 17.3 Å². The van der Waals surface area contributed by atoms with Gasteiger partial charge in [0.05, 0.1) is 5.75 Å². The van der Waals surface area contributed by atoms with Crippen molar-refractivity contribution in [3.05, 3.63) is 59.7 Å². The van der Waals surface area contributed by atoms with Gasteiger partial charge in [-0.2, -0.15) is 8.78 Å². The van der Waals surface area contributed by atoms with Crippen LogP contribution < -0.4 is 4.74 Å². The Labute approximate surface area is 152 Å². The van der Waals surface area contributed by atoms with Crippen LogP contribution in [0.5, 0.6) is 5.75 Å². The predicted octanol–water partition coefficient (Wildman–Crippen LogP) is 4.62. The van der Waals surface area contributed by atoms with Gasteiger partial charge in [0.25, 0.3) is 5.22 Å². The number of aromatic nitrogens is 2. The molecule has 0 fully saturated rings. The Bertz CT molecular complexity index is 880. The van der Waals surface area contributed by atoms with Gasteiger partial charge in [0.15, 0.2) is 5.78 Å². The van der Waals surface area contributed by atoms with Crippen LogP contribution >= 0.6 is 11.8 Å². The zero-order valence-electron chi connectivity index (χ0n) is 13.7. The summed E-state index contributed by atoms with van der Waals surface area (Å²) in [6.07, 6.45) is 0. The van der Waals surface area contributed by atoms with Crippen molar-refractivity contribution in [3.8, 4) is 17.2 Å². The summed E-state index contributed by atoms with van der Waals surface area (Å²) in [5, 5.41) is 8.05. The normalized spacial score (nSPS) is 10.9.